The number of carbonyl (C=O) groups is 1. The summed E-state index contributed by atoms with van der Waals surface area (Å²) in [6.45, 7) is 1.95. The molecule has 1 heterocycles. The monoisotopic (exact) mass is 331 g/mol. The highest BCUT2D eigenvalue weighted by Crippen LogP contribution is 2.32. The van der Waals surface area contributed by atoms with Crippen LogP contribution in [0.5, 0.6) is 0 Å². The van der Waals surface area contributed by atoms with Gasteiger partial charge in [0.2, 0.25) is 0 Å². The van der Waals surface area contributed by atoms with Crippen LogP contribution in [0.1, 0.15) is 27.4 Å². The Hall–Kier alpha value is -2.02. The summed E-state index contributed by atoms with van der Waals surface area (Å²) in [6.07, 6.45) is -2.93. The molecule has 1 N–H and O–H groups in total. The van der Waals surface area contributed by atoms with Crippen molar-refractivity contribution in [2.24, 2.45) is 0 Å². The number of halogens is 4. The number of alkyl halides is 3. The number of carbonyl (C=O) groups excluding carboxylic acids is 1. The Labute approximate surface area is 129 Å². The van der Waals surface area contributed by atoms with Crippen LogP contribution in [0, 0.1) is 6.92 Å². The molecule has 1 aromatic heterocycles. The maximum absolute atomic E-state index is 12.7. The zero-order chi connectivity index (χ0) is 16.5. The van der Waals surface area contributed by atoms with E-state index >= 15 is 0 Å². The van der Waals surface area contributed by atoms with Crippen molar-refractivity contribution in [3.63, 3.8) is 0 Å². The number of aryl methyl sites for hydroxylation is 1. The number of nitrogens with one attached hydrogen (secondary N) is 1. The van der Waals surface area contributed by atoms with Gasteiger partial charge in [0, 0.05) is 18.9 Å². The van der Waals surface area contributed by atoms with Gasteiger partial charge in [0.25, 0.3) is 5.91 Å². The van der Waals surface area contributed by atoms with Gasteiger partial charge in [-0.2, -0.15) is 13.2 Å². The highest BCUT2D eigenvalue weighted by molar-refractivity contribution is 6.33. The third kappa shape index (κ3) is 3.59. The quantitative estimate of drug-likeness (QED) is 0.933. The van der Waals surface area contributed by atoms with Crippen LogP contribution in [0.25, 0.3) is 0 Å². The molecule has 0 saturated heterocycles. The molecule has 0 spiro atoms. The molecule has 4 nitrogen and oxygen atoms in total. The predicted octanol–water partition coefficient (Wildman–Crippen LogP) is 3.66. The minimum absolute atomic E-state index is 0.0273. The molecule has 1 amide bonds. The van der Waals surface area contributed by atoms with Crippen LogP contribution >= 0.6 is 11.6 Å². The molecule has 0 unspecified atom stereocenters. The first-order valence-electron chi connectivity index (χ1n) is 6.31. The Morgan fingerprint density at radius 3 is 2.64 bits per heavy atom. The van der Waals surface area contributed by atoms with Gasteiger partial charge in [-0.15, -0.1) is 0 Å². The topological polar surface area (TPSA) is 49.0 Å². The summed E-state index contributed by atoms with van der Waals surface area (Å²) in [5.41, 5.74) is -0.280. The summed E-state index contributed by atoms with van der Waals surface area (Å²) < 4.78 is 38.2. The van der Waals surface area contributed by atoms with E-state index in [9.17, 15) is 18.0 Å². The maximum Gasteiger partial charge on any atom is 0.416 e. The van der Waals surface area contributed by atoms with Crippen molar-refractivity contribution < 1.29 is 18.0 Å². The molecule has 0 aliphatic heterocycles. The minimum Gasteiger partial charge on any atom is -0.345 e. The van der Waals surface area contributed by atoms with Gasteiger partial charge < -0.3 is 9.88 Å². The molecule has 118 valence electrons. The van der Waals surface area contributed by atoms with E-state index in [-0.39, 0.29) is 17.1 Å². The fourth-order valence-corrected chi connectivity index (χ4v) is 2.11. The van der Waals surface area contributed by atoms with Crippen LogP contribution in [0.3, 0.4) is 0 Å². The van der Waals surface area contributed by atoms with E-state index in [1.165, 1.54) is 11.9 Å². The summed E-state index contributed by atoms with van der Waals surface area (Å²) >= 11 is 5.85. The molecule has 0 radical (unpaired) electrons. The molecular formula is C14H13ClF3N3O. The number of benzene rings is 1. The molecule has 0 fully saturated rings. The average Bonchev–Trinajstić information content (AvgIpc) is 2.82. The highest BCUT2D eigenvalue weighted by atomic mass is 35.5. The number of rotatable bonds is 3. The average molecular weight is 332 g/mol. The lowest BCUT2D eigenvalue weighted by molar-refractivity contribution is -0.137. The van der Waals surface area contributed by atoms with Crippen molar-refractivity contribution in [1.82, 2.24) is 14.9 Å². The smallest absolute Gasteiger partial charge is 0.345 e. The fraction of sp³-hybridized carbons (Fsp3) is 0.286. The number of amides is 1. The maximum atomic E-state index is 12.7. The van der Waals surface area contributed by atoms with E-state index in [2.05, 4.69) is 9.97 Å². The van der Waals surface area contributed by atoms with Crippen LogP contribution < -0.4 is 0 Å². The molecule has 0 bridgehead atoms. The summed E-state index contributed by atoms with van der Waals surface area (Å²) in [6, 6.07) is 2.67. The molecule has 0 aliphatic carbocycles. The Balaban J connectivity index is 2.24. The van der Waals surface area contributed by atoms with Gasteiger partial charge in [-0.3, -0.25) is 4.79 Å². The normalized spacial score (nSPS) is 11.5. The van der Waals surface area contributed by atoms with E-state index in [0.717, 1.165) is 23.9 Å². The van der Waals surface area contributed by atoms with Gasteiger partial charge in [0.15, 0.2) is 0 Å². The summed E-state index contributed by atoms with van der Waals surface area (Å²) in [5.74, 6) is -0.0680. The molecule has 8 heteroatoms. The molecule has 0 aliphatic rings. The standard InChI is InChI=1S/C14H13ClF3N3O/c1-8-6-19-12(20-8)7-21(2)13(22)10-5-9(14(16,17)18)3-4-11(10)15/h3-6H,7H2,1-2H3,(H,19,20). The van der Waals surface area contributed by atoms with Crippen molar-refractivity contribution in [1.29, 1.82) is 0 Å². The minimum atomic E-state index is -4.53. The SMILES string of the molecule is Cc1cnc(CN(C)C(=O)c2cc(C(F)(F)F)ccc2Cl)[nH]1. The molecule has 0 saturated carbocycles. The molecule has 22 heavy (non-hydrogen) atoms. The van der Waals surface area contributed by atoms with Crippen molar-refractivity contribution in [3.05, 3.63) is 52.1 Å². The lowest BCUT2D eigenvalue weighted by Gasteiger charge is -2.17. The number of aromatic nitrogens is 2. The molecule has 1 aromatic carbocycles. The Bertz CT molecular complexity index is 697. The first-order chi connectivity index (χ1) is 10.2. The Morgan fingerprint density at radius 1 is 1.41 bits per heavy atom. The Kier molecular flexibility index (Phi) is 4.46. The van der Waals surface area contributed by atoms with Gasteiger partial charge in [0.1, 0.15) is 5.82 Å². The number of hydrogen-bond donors (Lipinski definition) is 1. The van der Waals surface area contributed by atoms with Gasteiger partial charge in [-0.25, -0.2) is 4.98 Å². The van der Waals surface area contributed by atoms with Crippen LogP contribution in [-0.4, -0.2) is 27.8 Å². The number of hydrogen-bond acceptors (Lipinski definition) is 2. The summed E-state index contributed by atoms with van der Waals surface area (Å²) in [4.78, 5) is 20.5. The van der Waals surface area contributed by atoms with Gasteiger partial charge in [-0.05, 0) is 25.1 Å². The zero-order valence-electron chi connectivity index (χ0n) is 11.8. The van der Waals surface area contributed by atoms with Crippen molar-refractivity contribution in [2.45, 2.75) is 19.6 Å². The largest absolute Gasteiger partial charge is 0.416 e. The van der Waals surface area contributed by atoms with Gasteiger partial charge >= 0.3 is 6.18 Å². The van der Waals surface area contributed by atoms with Crippen LogP contribution in [-0.2, 0) is 12.7 Å². The van der Waals surface area contributed by atoms with E-state index in [1.807, 2.05) is 6.92 Å². The third-order valence-electron chi connectivity index (χ3n) is 3.01. The third-order valence-corrected chi connectivity index (χ3v) is 3.34. The van der Waals surface area contributed by atoms with E-state index in [0.29, 0.717) is 5.82 Å². The molecule has 2 aromatic rings. The zero-order valence-corrected chi connectivity index (χ0v) is 12.6. The lowest BCUT2D eigenvalue weighted by Crippen LogP contribution is -2.27. The number of H-pyrrole nitrogens is 1. The Morgan fingerprint density at radius 2 is 2.09 bits per heavy atom. The lowest BCUT2D eigenvalue weighted by atomic mass is 10.1. The molecule has 2 rings (SSSR count). The first kappa shape index (κ1) is 16.4. The van der Waals surface area contributed by atoms with E-state index in [4.69, 9.17) is 11.6 Å². The van der Waals surface area contributed by atoms with Crippen LogP contribution in [0.4, 0.5) is 13.2 Å². The van der Waals surface area contributed by atoms with Crippen LogP contribution in [0.2, 0.25) is 5.02 Å². The van der Waals surface area contributed by atoms with E-state index < -0.39 is 17.6 Å². The molecule has 0 atom stereocenters. The van der Waals surface area contributed by atoms with E-state index in [1.54, 1.807) is 6.20 Å². The van der Waals surface area contributed by atoms with Gasteiger partial charge in [0.05, 0.1) is 22.7 Å². The first-order valence-corrected chi connectivity index (χ1v) is 6.69. The predicted molar refractivity (Wildman–Crippen MR) is 75.6 cm³/mol. The number of imidazole rings is 1. The molecular weight excluding hydrogens is 319 g/mol. The second kappa shape index (κ2) is 6.00. The summed E-state index contributed by atoms with van der Waals surface area (Å²) in [5, 5.41) is -0.0273. The van der Waals surface area contributed by atoms with Gasteiger partial charge in [-0.1, -0.05) is 11.6 Å². The second-order valence-corrected chi connectivity index (χ2v) is 5.27. The van der Waals surface area contributed by atoms with Crippen LogP contribution in [0.15, 0.2) is 24.4 Å². The highest BCUT2D eigenvalue weighted by Gasteiger charge is 2.32. The van der Waals surface area contributed by atoms with Crippen molar-refractivity contribution in [3.8, 4) is 0 Å². The number of aromatic amines is 1. The fourth-order valence-electron chi connectivity index (χ4n) is 1.91. The van der Waals surface area contributed by atoms with Crippen molar-refractivity contribution >= 4 is 17.5 Å². The van der Waals surface area contributed by atoms with Crippen molar-refractivity contribution in [2.75, 3.05) is 7.05 Å². The number of nitrogens with zero attached hydrogens (tertiary/aromatic N) is 2. The second-order valence-electron chi connectivity index (χ2n) is 4.87. The summed E-state index contributed by atoms with van der Waals surface area (Å²) in [7, 11) is 1.47.